The van der Waals surface area contributed by atoms with Gasteiger partial charge in [-0.15, -0.1) is 0 Å². The predicted molar refractivity (Wildman–Crippen MR) is 73.1 cm³/mol. The fourth-order valence-corrected chi connectivity index (χ4v) is 2.53. The Morgan fingerprint density at radius 3 is 3.00 bits per heavy atom. The number of carbonyl (C=O) groups is 1. The number of nitrogens with zero attached hydrogens (tertiary/aromatic N) is 3. The molecule has 1 atom stereocenters. The van der Waals surface area contributed by atoms with Crippen molar-refractivity contribution in [2.24, 2.45) is 5.92 Å². The standard InChI is InChI=1S/C13H17N3O4/c1-2-9-4-3-5-15(8-9)12-6-10(13(17)18)11(7-14-12)16(19)20/h6-7,9H,2-5,8H2,1H3,(H,17,18). The average Bonchev–Trinajstić information content (AvgIpc) is 2.46. The van der Waals surface area contributed by atoms with Gasteiger partial charge in [0.05, 0.1) is 4.92 Å². The number of rotatable bonds is 4. The summed E-state index contributed by atoms with van der Waals surface area (Å²) in [5.74, 6) is -0.232. The molecule has 1 aliphatic rings. The van der Waals surface area contributed by atoms with Gasteiger partial charge in [-0.3, -0.25) is 10.1 Å². The molecule has 1 fully saturated rings. The summed E-state index contributed by atoms with van der Waals surface area (Å²) in [6.45, 7) is 3.75. The molecule has 0 amide bonds. The van der Waals surface area contributed by atoms with Crippen LogP contribution < -0.4 is 4.90 Å². The van der Waals surface area contributed by atoms with E-state index in [-0.39, 0.29) is 5.56 Å². The van der Waals surface area contributed by atoms with E-state index in [1.54, 1.807) is 0 Å². The highest BCUT2D eigenvalue weighted by Crippen LogP contribution is 2.27. The van der Waals surface area contributed by atoms with Crippen LogP contribution in [0, 0.1) is 16.0 Å². The highest BCUT2D eigenvalue weighted by molar-refractivity contribution is 5.93. The number of nitro groups is 1. The van der Waals surface area contributed by atoms with Gasteiger partial charge < -0.3 is 10.0 Å². The largest absolute Gasteiger partial charge is 0.477 e. The smallest absolute Gasteiger partial charge is 0.342 e. The first-order valence-corrected chi connectivity index (χ1v) is 6.65. The number of carboxylic acids is 1. The quantitative estimate of drug-likeness (QED) is 0.671. The highest BCUT2D eigenvalue weighted by Gasteiger charge is 2.25. The van der Waals surface area contributed by atoms with Crippen LogP contribution in [0.25, 0.3) is 0 Å². The van der Waals surface area contributed by atoms with Crippen molar-refractivity contribution in [1.82, 2.24) is 4.98 Å². The molecule has 0 bridgehead atoms. The van der Waals surface area contributed by atoms with Gasteiger partial charge in [0.2, 0.25) is 0 Å². The highest BCUT2D eigenvalue weighted by atomic mass is 16.6. The van der Waals surface area contributed by atoms with E-state index in [0.717, 1.165) is 38.5 Å². The number of carboxylic acid groups (broad SMARTS) is 1. The molecule has 1 unspecified atom stereocenters. The Kier molecular flexibility index (Phi) is 4.16. The summed E-state index contributed by atoms with van der Waals surface area (Å²) >= 11 is 0. The van der Waals surface area contributed by atoms with E-state index in [4.69, 9.17) is 5.11 Å². The number of piperidine rings is 1. The normalized spacial score (nSPS) is 18.9. The zero-order chi connectivity index (χ0) is 14.7. The summed E-state index contributed by atoms with van der Waals surface area (Å²) in [4.78, 5) is 27.3. The third-order valence-corrected chi connectivity index (χ3v) is 3.72. The SMILES string of the molecule is CCC1CCCN(c2cc(C(=O)O)c([N+](=O)[O-])cn2)C1. The predicted octanol–water partition coefficient (Wildman–Crippen LogP) is 2.31. The van der Waals surface area contributed by atoms with Crippen LogP contribution >= 0.6 is 0 Å². The Hall–Kier alpha value is -2.18. The zero-order valence-electron chi connectivity index (χ0n) is 11.3. The van der Waals surface area contributed by atoms with E-state index in [0.29, 0.717) is 11.7 Å². The molecule has 1 aliphatic heterocycles. The molecule has 0 spiro atoms. The third kappa shape index (κ3) is 2.87. The summed E-state index contributed by atoms with van der Waals surface area (Å²) in [7, 11) is 0. The Balaban J connectivity index is 2.31. The van der Waals surface area contributed by atoms with E-state index in [2.05, 4.69) is 11.9 Å². The molecule has 0 aliphatic carbocycles. The number of aromatic carboxylic acids is 1. The Morgan fingerprint density at radius 2 is 2.40 bits per heavy atom. The maximum absolute atomic E-state index is 11.1. The zero-order valence-corrected chi connectivity index (χ0v) is 11.3. The van der Waals surface area contributed by atoms with E-state index in [9.17, 15) is 14.9 Å². The lowest BCUT2D eigenvalue weighted by molar-refractivity contribution is -0.385. The van der Waals surface area contributed by atoms with Gasteiger partial charge in [-0.1, -0.05) is 13.3 Å². The van der Waals surface area contributed by atoms with E-state index < -0.39 is 16.6 Å². The molecule has 2 rings (SSSR count). The minimum atomic E-state index is -1.30. The van der Waals surface area contributed by atoms with Gasteiger partial charge >= 0.3 is 11.7 Å². The Labute approximate surface area is 116 Å². The van der Waals surface area contributed by atoms with Crippen molar-refractivity contribution in [2.45, 2.75) is 26.2 Å². The molecule has 1 saturated heterocycles. The van der Waals surface area contributed by atoms with Gasteiger partial charge in [0.15, 0.2) is 0 Å². The Morgan fingerprint density at radius 1 is 1.65 bits per heavy atom. The molecular formula is C13H17N3O4. The van der Waals surface area contributed by atoms with Gasteiger partial charge in [-0.2, -0.15) is 0 Å². The van der Waals surface area contributed by atoms with Crippen LogP contribution in [-0.4, -0.2) is 34.1 Å². The Bertz CT molecular complexity index is 532. The topological polar surface area (TPSA) is 96.6 Å². The van der Waals surface area contributed by atoms with Crippen molar-refractivity contribution in [3.63, 3.8) is 0 Å². The molecule has 2 heterocycles. The van der Waals surface area contributed by atoms with Crippen LogP contribution in [0.15, 0.2) is 12.3 Å². The molecule has 1 N–H and O–H groups in total. The van der Waals surface area contributed by atoms with Gasteiger partial charge in [0.1, 0.15) is 17.6 Å². The second-order valence-electron chi connectivity index (χ2n) is 4.98. The number of anilines is 1. The lowest BCUT2D eigenvalue weighted by Gasteiger charge is -2.33. The van der Waals surface area contributed by atoms with Gasteiger partial charge in [0, 0.05) is 19.2 Å². The number of hydrogen-bond donors (Lipinski definition) is 1. The van der Waals surface area contributed by atoms with Gasteiger partial charge in [-0.05, 0) is 18.8 Å². The van der Waals surface area contributed by atoms with Crippen molar-refractivity contribution in [3.8, 4) is 0 Å². The van der Waals surface area contributed by atoms with Crippen LogP contribution in [-0.2, 0) is 0 Å². The van der Waals surface area contributed by atoms with Crippen LogP contribution in [0.5, 0.6) is 0 Å². The molecule has 0 saturated carbocycles. The second kappa shape index (κ2) is 5.85. The third-order valence-electron chi connectivity index (χ3n) is 3.72. The van der Waals surface area contributed by atoms with Crippen molar-refractivity contribution < 1.29 is 14.8 Å². The monoisotopic (exact) mass is 279 g/mol. The van der Waals surface area contributed by atoms with Gasteiger partial charge in [0.25, 0.3) is 0 Å². The van der Waals surface area contributed by atoms with Crippen molar-refractivity contribution >= 4 is 17.5 Å². The molecule has 0 aromatic carbocycles. The van der Waals surface area contributed by atoms with Crippen LogP contribution in [0.2, 0.25) is 0 Å². The molecule has 1 aromatic heterocycles. The van der Waals surface area contributed by atoms with Crippen LogP contribution in [0.1, 0.15) is 36.5 Å². The summed E-state index contributed by atoms with van der Waals surface area (Å²) in [6.07, 6.45) is 4.29. The minimum absolute atomic E-state index is 0.307. The molecule has 7 heteroatoms. The van der Waals surface area contributed by atoms with Gasteiger partial charge in [-0.25, -0.2) is 9.78 Å². The van der Waals surface area contributed by atoms with Crippen LogP contribution in [0.4, 0.5) is 11.5 Å². The fraction of sp³-hybridized carbons (Fsp3) is 0.538. The molecule has 7 nitrogen and oxygen atoms in total. The molecule has 1 aromatic rings. The fourth-order valence-electron chi connectivity index (χ4n) is 2.53. The minimum Gasteiger partial charge on any atom is -0.477 e. The van der Waals surface area contributed by atoms with E-state index >= 15 is 0 Å². The average molecular weight is 279 g/mol. The molecule has 0 radical (unpaired) electrons. The van der Waals surface area contributed by atoms with E-state index in [1.165, 1.54) is 6.07 Å². The van der Waals surface area contributed by atoms with Crippen molar-refractivity contribution in [1.29, 1.82) is 0 Å². The molecular weight excluding hydrogens is 262 g/mol. The lowest BCUT2D eigenvalue weighted by atomic mass is 9.95. The summed E-state index contributed by atoms with van der Waals surface area (Å²) < 4.78 is 0. The lowest BCUT2D eigenvalue weighted by Crippen LogP contribution is -2.35. The van der Waals surface area contributed by atoms with Crippen molar-refractivity contribution in [2.75, 3.05) is 18.0 Å². The van der Waals surface area contributed by atoms with Crippen LogP contribution in [0.3, 0.4) is 0 Å². The number of pyridine rings is 1. The first-order valence-electron chi connectivity index (χ1n) is 6.65. The van der Waals surface area contributed by atoms with Crippen molar-refractivity contribution in [3.05, 3.63) is 27.9 Å². The first-order chi connectivity index (χ1) is 9.52. The number of hydrogen-bond acceptors (Lipinski definition) is 5. The number of aromatic nitrogens is 1. The molecule has 20 heavy (non-hydrogen) atoms. The molecule has 108 valence electrons. The first kappa shape index (κ1) is 14.2. The summed E-state index contributed by atoms with van der Waals surface area (Å²) in [5.41, 5.74) is -0.774. The maximum atomic E-state index is 11.1. The summed E-state index contributed by atoms with van der Waals surface area (Å²) in [6, 6.07) is 1.30. The maximum Gasteiger partial charge on any atom is 0.342 e. The summed E-state index contributed by atoms with van der Waals surface area (Å²) in [5, 5.41) is 19.9. The second-order valence-corrected chi connectivity index (χ2v) is 4.98. The van der Waals surface area contributed by atoms with E-state index in [1.807, 2.05) is 4.90 Å².